The third kappa shape index (κ3) is 1.58. The molecule has 1 aromatic heterocycles. The Hall–Kier alpha value is -1.30. The minimum atomic E-state index is -1.54. The Morgan fingerprint density at radius 1 is 1.06 bits per heavy atom. The molecule has 1 heterocycles. The van der Waals surface area contributed by atoms with Crippen molar-refractivity contribution in [2.75, 3.05) is 0 Å². The second kappa shape index (κ2) is 3.87. The summed E-state index contributed by atoms with van der Waals surface area (Å²) in [4.78, 5) is 0. The monoisotopic (exact) mass is 290 g/mol. The van der Waals surface area contributed by atoms with E-state index in [2.05, 4.69) is 15.9 Å². The maximum atomic E-state index is 9.32. The second-order valence-corrected chi connectivity index (χ2v) is 4.67. The van der Waals surface area contributed by atoms with E-state index in [0.717, 1.165) is 20.8 Å². The largest absolute Gasteiger partial charge is 0.492 e. The van der Waals surface area contributed by atoms with Crippen LogP contribution < -0.4 is 5.46 Å². The van der Waals surface area contributed by atoms with Crippen molar-refractivity contribution in [2.24, 2.45) is 0 Å². The lowest BCUT2D eigenvalue weighted by Gasteiger charge is -2.01. The van der Waals surface area contributed by atoms with Gasteiger partial charge in [0, 0.05) is 20.7 Å². The van der Waals surface area contributed by atoms with E-state index in [0.29, 0.717) is 11.0 Å². The predicted octanol–water partition coefficient (Wildman–Crippen LogP) is 2.03. The van der Waals surface area contributed by atoms with E-state index in [1.54, 1.807) is 12.1 Å². The van der Waals surface area contributed by atoms with Crippen molar-refractivity contribution in [3.8, 4) is 0 Å². The molecule has 5 heteroatoms. The Labute approximate surface area is 106 Å². The predicted molar refractivity (Wildman–Crippen MR) is 71.2 cm³/mol. The van der Waals surface area contributed by atoms with Crippen LogP contribution in [0.5, 0.6) is 0 Å². The molecule has 84 valence electrons. The Morgan fingerprint density at radius 3 is 2.59 bits per heavy atom. The summed E-state index contributed by atoms with van der Waals surface area (Å²) in [7, 11) is -1.54. The molecule has 0 amide bonds. The average molecular weight is 291 g/mol. The zero-order chi connectivity index (χ0) is 12.0. The molecule has 0 saturated heterocycles. The molecule has 0 bridgehead atoms. The van der Waals surface area contributed by atoms with Crippen LogP contribution in [0.2, 0.25) is 0 Å². The minimum Gasteiger partial charge on any atom is -0.456 e. The standard InChI is InChI=1S/C12H8BBrO3/c14-9-6-5-8(13(15)16)12-11(9)7-3-1-2-4-10(7)17-12/h1-6,15-16H. The highest BCUT2D eigenvalue weighted by Gasteiger charge is 2.20. The van der Waals surface area contributed by atoms with Gasteiger partial charge < -0.3 is 14.5 Å². The molecule has 3 rings (SSSR count). The van der Waals surface area contributed by atoms with E-state index in [4.69, 9.17) is 4.42 Å². The first-order chi connectivity index (χ1) is 8.18. The third-order valence-corrected chi connectivity index (χ3v) is 3.44. The number of hydrogen-bond acceptors (Lipinski definition) is 3. The van der Waals surface area contributed by atoms with Crippen molar-refractivity contribution in [1.29, 1.82) is 0 Å². The molecule has 0 aliphatic heterocycles. The van der Waals surface area contributed by atoms with Gasteiger partial charge in [-0.1, -0.05) is 40.2 Å². The average Bonchev–Trinajstić information content (AvgIpc) is 2.68. The van der Waals surface area contributed by atoms with Gasteiger partial charge in [-0.2, -0.15) is 0 Å². The van der Waals surface area contributed by atoms with E-state index in [1.807, 2.05) is 24.3 Å². The smallest absolute Gasteiger partial charge is 0.456 e. The number of para-hydroxylation sites is 1. The van der Waals surface area contributed by atoms with E-state index >= 15 is 0 Å². The molecule has 2 aromatic carbocycles. The van der Waals surface area contributed by atoms with Crippen LogP contribution in [0.3, 0.4) is 0 Å². The van der Waals surface area contributed by atoms with E-state index in [-0.39, 0.29) is 0 Å². The summed E-state index contributed by atoms with van der Waals surface area (Å²) in [6.45, 7) is 0. The molecule has 0 spiro atoms. The van der Waals surface area contributed by atoms with Gasteiger partial charge >= 0.3 is 7.12 Å². The minimum absolute atomic E-state index is 0.374. The molecule has 0 saturated carbocycles. The summed E-state index contributed by atoms with van der Waals surface area (Å²) >= 11 is 3.46. The lowest BCUT2D eigenvalue weighted by molar-refractivity contribution is 0.425. The number of furan rings is 1. The van der Waals surface area contributed by atoms with Gasteiger partial charge in [-0.25, -0.2) is 0 Å². The van der Waals surface area contributed by atoms with Gasteiger partial charge in [-0.15, -0.1) is 0 Å². The van der Waals surface area contributed by atoms with Gasteiger partial charge in [0.15, 0.2) is 0 Å². The van der Waals surface area contributed by atoms with Gasteiger partial charge in [0.1, 0.15) is 11.2 Å². The highest BCUT2D eigenvalue weighted by Crippen LogP contribution is 2.32. The quantitative estimate of drug-likeness (QED) is 0.674. The first-order valence-electron chi connectivity index (χ1n) is 5.14. The van der Waals surface area contributed by atoms with Crippen LogP contribution in [0.15, 0.2) is 45.3 Å². The molecular formula is C12H8BBrO3. The lowest BCUT2D eigenvalue weighted by atomic mass is 9.79. The summed E-state index contributed by atoms with van der Waals surface area (Å²) < 4.78 is 6.55. The van der Waals surface area contributed by atoms with E-state index in [9.17, 15) is 10.0 Å². The fraction of sp³-hybridized carbons (Fsp3) is 0. The van der Waals surface area contributed by atoms with Crippen LogP contribution in [0, 0.1) is 0 Å². The molecular weight excluding hydrogens is 283 g/mol. The van der Waals surface area contributed by atoms with Gasteiger partial charge in [0.05, 0.1) is 0 Å². The van der Waals surface area contributed by atoms with E-state index < -0.39 is 7.12 Å². The van der Waals surface area contributed by atoms with Gasteiger partial charge in [-0.05, 0) is 12.1 Å². The highest BCUT2D eigenvalue weighted by molar-refractivity contribution is 9.10. The molecule has 0 unspecified atom stereocenters. The molecule has 0 aliphatic carbocycles. The molecule has 0 fully saturated rings. The zero-order valence-electron chi connectivity index (χ0n) is 8.72. The SMILES string of the molecule is OB(O)c1ccc(Br)c2c1oc1ccccc12. The Balaban J connectivity index is 2.54. The van der Waals surface area contributed by atoms with Crippen LogP contribution in [0.25, 0.3) is 21.9 Å². The normalized spacial score (nSPS) is 11.2. The molecule has 3 nitrogen and oxygen atoms in total. The van der Waals surface area contributed by atoms with Gasteiger partial charge in [0.2, 0.25) is 0 Å². The molecule has 0 aliphatic rings. The number of fused-ring (bicyclic) bond motifs is 3. The molecule has 3 aromatic rings. The zero-order valence-corrected chi connectivity index (χ0v) is 10.3. The van der Waals surface area contributed by atoms with Crippen molar-refractivity contribution in [2.45, 2.75) is 0 Å². The van der Waals surface area contributed by atoms with Crippen LogP contribution >= 0.6 is 15.9 Å². The summed E-state index contributed by atoms with van der Waals surface area (Å²) in [5.41, 5.74) is 1.62. The first-order valence-corrected chi connectivity index (χ1v) is 5.93. The van der Waals surface area contributed by atoms with Crippen molar-refractivity contribution in [1.82, 2.24) is 0 Å². The third-order valence-electron chi connectivity index (χ3n) is 2.78. The van der Waals surface area contributed by atoms with Crippen LogP contribution in [0.4, 0.5) is 0 Å². The topological polar surface area (TPSA) is 53.6 Å². The van der Waals surface area contributed by atoms with Crippen LogP contribution in [-0.2, 0) is 0 Å². The molecule has 17 heavy (non-hydrogen) atoms. The summed E-state index contributed by atoms with van der Waals surface area (Å²) in [6, 6.07) is 11.0. The Bertz CT molecular complexity index is 705. The number of hydrogen-bond donors (Lipinski definition) is 2. The number of benzene rings is 2. The first kappa shape index (κ1) is 10.8. The Kier molecular flexibility index (Phi) is 2.47. The molecule has 0 radical (unpaired) electrons. The van der Waals surface area contributed by atoms with Crippen molar-refractivity contribution in [3.05, 3.63) is 40.9 Å². The van der Waals surface area contributed by atoms with Crippen molar-refractivity contribution >= 4 is 50.4 Å². The molecule has 0 atom stereocenters. The van der Waals surface area contributed by atoms with Gasteiger partial charge in [0.25, 0.3) is 0 Å². The highest BCUT2D eigenvalue weighted by atomic mass is 79.9. The fourth-order valence-corrected chi connectivity index (χ4v) is 2.54. The summed E-state index contributed by atoms with van der Waals surface area (Å²) in [5, 5.41) is 20.5. The number of rotatable bonds is 1. The summed E-state index contributed by atoms with van der Waals surface area (Å²) in [5.74, 6) is 0. The van der Waals surface area contributed by atoms with E-state index in [1.165, 1.54) is 0 Å². The van der Waals surface area contributed by atoms with Gasteiger partial charge in [-0.3, -0.25) is 0 Å². The second-order valence-electron chi connectivity index (χ2n) is 3.81. The van der Waals surface area contributed by atoms with Crippen molar-refractivity contribution < 1.29 is 14.5 Å². The number of halogens is 1. The molecule has 2 N–H and O–H groups in total. The van der Waals surface area contributed by atoms with Crippen LogP contribution in [0.1, 0.15) is 0 Å². The van der Waals surface area contributed by atoms with Crippen molar-refractivity contribution in [3.63, 3.8) is 0 Å². The lowest BCUT2D eigenvalue weighted by Crippen LogP contribution is -2.30. The summed E-state index contributed by atoms with van der Waals surface area (Å²) in [6.07, 6.45) is 0. The van der Waals surface area contributed by atoms with Crippen LogP contribution in [-0.4, -0.2) is 17.2 Å². The fourth-order valence-electron chi connectivity index (χ4n) is 2.01. The maximum absolute atomic E-state index is 9.32. The maximum Gasteiger partial charge on any atom is 0.492 e. The Morgan fingerprint density at radius 2 is 1.82 bits per heavy atom.